The Hall–Kier alpha value is -2.43. The Labute approximate surface area is 116 Å². The first-order valence-corrected chi connectivity index (χ1v) is 6.33. The van der Waals surface area contributed by atoms with Crippen LogP contribution in [0.25, 0.3) is 0 Å². The lowest BCUT2D eigenvalue weighted by atomic mass is 10.1. The zero-order valence-electron chi connectivity index (χ0n) is 11.4. The van der Waals surface area contributed by atoms with Gasteiger partial charge in [-0.15, -0.1) is 0 Å². The molecule has 1 aromatic carbocycles. The molecule has 1 aliphatic heterocycles. The third-order valence-electron chi connectivity index (χ3n) is 2.74. The second-order valence-corrected chi connectivity index (χ2v) is 4.28. The van der Waals surface area contributed by atoms with E-state index in [-0.39, 0.29) is 24.0 Å². The van der Waals surface area contributed by atoms with Gasteiger partial charge in [-0.2, -0.15) is 0 Å². The molecule has 0 radical (unpaired) electrons. The predicted molar refractivity (Wildman–Crippen MR) is 73.0 cm³/mol. The summed E-state index contributed by atoms with van der Waals surface area (Å²) in [5.41, 5.74) is 1.44. The summed E-state index contributed by atoms with van der Waals surface area (Å²) in [6.07, 6.45) is 0.0316. The van der Waals surface area contributed by atoms with E-state index in [0.717, 1.165) is 5.56 Å². The Morgan fingerprint density at radius 2 is 2.00 bits per heavy atom. The van der Waals surface area contributed by atoms with Crippen LogP contribution in [0.5, 0.6) is 0 Å². The maximum absolute atomic E-state index is 11.8. The maximum atomic E-state index is 11.8. The molecule has 0 N–H and O–H groups in total. The molecule has 5 heteroatoms. The predicted octanol–water partition coefficient (Wildman–Crippen LogP) is 2.22. The van der Waals surface area contributed by atoms with E-state index in [0.29, 0.717) is 12.2 Å². The van der Waals surface area contributed by atoms with Crippen molar-refractivity contribution in [1.82, 2.24) is 0 Å². The molecule has 0 saturated carbocycles. The van der Waals surface area contributed by atoms with Crippen molar-refractivity contribution < 1.29 is 19.1 Å². The minimum Gasteiger partial charge on any atom is -0.466 e. The van der Waals surface area contributed by atoms with Gasteiger partial charge >= 0.3 is 11.9 Å². The van der Waals surface area contributed by atoms with Crippen LogP contribution in [0.3, 0.4) is 0 Å². The highest BCUT2D eigenvalue weighted by molar-refractivity contribution is 6.11. The molecule has 0 unspecified atom stereocenters. The number of esters is 2. The van der Waals surface area contributed by atoms with Gasteiger partial charge in [-0.1, -0.05) is 18.2 Å². The van der Waals surface area contributed by atoms with Crippen molar-refractivity contribution in [2.75, 3.05) is 6.61 Å². The molecule has 1 aromatic rings. The molecule has 0 aromatic heterocycles. The Balaban J connectivity index is 2.22. The number of aliphatic imine (C=N–C) groups is 1. The molecule has 0 fully saturated rings. The van der Waals surface area contributed by atoms with Gasteiger partial charge in [0.25, 0.3) is 0 Å². The van der Waals surface area contributed by atoms with Gasteiger partial charge in [-0.05, 0) is 31.6 Å². The molecule has 0 saturated heterocycles. The van der Waals surface area contributed by atoms with E-state index in [9.17, 15) is 9.59 Å². The zero-order chi connectivity index (χ0) is 14.5. The molecule has 0 spiro atoms. The van der Waals surface area contributed by atoms with Crippen molar-refractivity contribution in [2.24, 2.45) is 4.99 Å². The summed E-state index contributed by atoms with van der Waals surface area (Å²) in [7, 11) is 0. The fraction of sp³-hybridized carbons (Fsp3) is 0.267. The number of carbonyl (C=O) groups is 2. The number of cyclic esters (lactones) is 1. The molecule has 5 nitrogen and oxygen atoms in total. The molecule has 20 heavy (non-hydrogen) atoms. The van der Waals surface area contributed by atoms with Gasteiger partial charge in [0, 0.05) is 5.56 Å². The number of carbonyl (C=O) groups excluding carboxylic acids is 2. The van der Waals surface area contributed by atoms with Gasteiger partial charge in [-0.3, -0.25) is 4.79 Å². The highest BCUT2D eigenvalue weighted by Crippen LogP contribution is 2.21. The first-order chi connectivity index (χ1) is 9.61. The highest BCUT2D eigenvalue weighted by atomic mass is 16.6. The second kappa shape index (κ2) is 6.14. The molecular weight excluding hydrogens is 258 g/mol. The van der Waals surface area contributed by atoms with Crippen molar-refractivity contribution in [2.45, 2.75) is 20.3 Å². The molecule has 1 aliphatic rings. The van der Waals surface area contributed by atoms with Crippen LogP contribution in [0.15, 0.2) is 46.6 Å². The number of benzene rings is 1. The van der Waals surface area contributed by atoms with Crippen LogP contribution in [0, 0.1) is 0 Å². The summed E-state index contributed by atoms with van der Waals surface area (Å²) in [5.74, 6) is -0.659. The summed E-state index contributed by atoms with van der Waals surface area (Å²) < 4.78 is 9.97. The van der Waals surface area contributed by atoms with Crippen LogP contribution >= 0.6 is 0 Å². The number of hydrogen-bond acceptors (Lipinski definition) is 5. The third kappa shape index (κ3) is 3.12. The van der Waals surface area contributed by atoms with Crippen LogP contribution in [0.1, 0.15) is 25.8 Å². The van der Waals surface area contributed by atoms with E-state index < -0.39 is 5.97 Å². The van der Waals surface area contributed by atoms with Crippen LogP contribution in [-0.4, -0.2) is 24.4 Å². The minimum absolute atomic E-state index is 0.0316. The van der Waals surface area contributed by atoms with E-state index in [4.69, 9.17) is 9.47 Å². The standard InChI is InChI=1S/C15H15NO4/c1-3-19-12(17)9-10(2)13-15(18)20-14(16-13)11-7-5-4-6-8-11/h4-8H,3,9H2,1-2H3/b13-10+. The number of nitrogens with zero attached hydrogens (tertiary/aromatic N) is 1. The molecular formula is C15H15NO4. The summed E-state index contributed by atoms with van der Waals surface area (Å²) in [6, 6.07) is 9.13. The Kier molecular flexibility index (Phi) is 4.30. The lowest BCUT2D eigenvalue weighted by Crippen LogP contribution is -2.08. The summed E-state index contributed by atoms with van der Waals surface area (Å²) in [4.78, 5) is 27.4. The van der Waals surface area contributed by atoms with Gasteiger partial charge in [0.15, 0.2) is 5.70 Å². The minimum atomic E-state index is -0.536. The zero-order valence-corrected chi connectivity index (χ0v) is 11.4. The monoisotopic (exact) mass is 273 g/mol. The molecule has 1 heterocycles. The first-order valence-electron chi connectivity index (χ1n) is 6.33. The fourth-order valence-electron chi connectivity index (χ4n) is 1.79. The molecule has 0 bridgehead atoms. The lowest BCUT2D eigenvalue weighted by Gasteiger charge is -2.02. The Bertz CT molecular complexity index is 587. The van der Waals surface area contributed by atoms with Crippen LogP contribution in [0.4, 0.5) is 0 Å². The van der Waals surface area contributed by atoms with E-state index in [1.165, 1.54) is 0 Å². The quantitative estimate of drug-likeness (QED) is 0.623. The van der Waals surface area contributed by atoms with E-state index >= 15 is 0 Å². The van der Waals surface area contributed by atoms with Crippen LogP contribution in [0.2, 0.25) is 0 Å². The maximum Gasteiger partial charge on any atom is 0.363 e. The summed E-state index contributed by atoms with van der Waals surface area (Å²) in [5, 5.41) is 0. The number of hydrogen-bond donors (Lipinski definition) is 0. The van der Waals surface area contributed by atoms with Crippen molar-refractivity contribution in [3.05, 3.63) is 47.2 Å². The summed E-state index contributed by atoms with van der Waals surface area (Å²) >= 11 is 0. The topological polar surface area (TPSA) is 65.0 Å². The largest absolute Gasteiger partial charge is 0.466 e. The number of rotatable bonds is 4. The molecule has 2 rings (SSSR count). The van der Waals surface area contributed by atoms with E-state index in [2.05, 4.69) is 4.99 Å². The van der Waals surface area contributed by atoms with Gasteiger partial charge in [-0.25, -0.2) is 9.79 Å². The summed E-state index contributed by atoms with van der Waals surface area (Å²) in [6.45, 7) is 3.71. The average Bonchev–Trinajstić information content (AvgIpc) is 2.82. The van der Waals surface area contributed by atoms with Crippen molar-refractivity contribution in [3.63, 3.8) is 0 Å². The third-order valence-corrected chi connectivity index (χ3v) is 2.74. The molecule has 0 aliphatic carbocycles. The first kappa shape index (κ1) is 14.0. The normalized spacial score (nSPS) is 16.5. The molecule has 0 atom stereocenters. The van der Waals surface area contributed by atoms with Crippen molar-refractivity contribution >= 4 is 17.8 Å². The second-order valence-electron chi connectivity index (χ2n) is 4.28. The van der Waals surface area contributed by atoms with Gasteiger partial charge < -0.3 is 9.47 Å². The fourth-order valence-corrected chi connectivity index (χ4v) is 1.79. The van der Waals surface area contributed by atoms with Gasteiger partial charge in [0.1, 0.15) is 0 Å². The average molecular weight is 273 g/mol. The van der Waals surface area contributed by atoms with Gasteiger partial charge in [0.2, 0.25) is 5.90 Å². The molecule has 0 amide bonds. The van der Waals surface area contributed by atoms with Crippen molar-refractivity contribution in [1.29, 1.82) is 0 Å². The van der Waals surface area contributed by atoms with Crippen LogP contribution in [-0.2, 0) is 19.1 Å². The smallest absolute Gasteiger partial charge is 0.363 e. The van der Waals surface area contributed by atoms with E-state index in [1.54, 1.807) is 26.0 Å². The van der Waals surface area contributed by atoms with E-state index in [1.807, 2.05) is 18.2 Å². The van der Waals surface area contributed by atoms with Crippen LogP contribution < -0.4 is 0 Å². The Morgan fingerprint density at radius 1 is 1.30 bits per heavy atom. The molecule has 104 valence electrons. The Morgan fingerprint density at radius 3 is 2.65 bits per heavy atom. The SMILES string of the molecule is CCOC(=O)C/C(C)=C1/N=C(c2ccccc2)OC1=O. The highest BCUT2D eigenvalue weighted by Gasteiger charge is 2.26. The lowest BCUT2D eigenvalue weighted by molar-refractivity contribution is -0.142. The van der Waals surface area contributed by atoms with Crippen molar-refractivity contribution in [3.8, 4) is 0 Å². The van der Waals surface area contributed by atoms with Gasteiger partial charge in [0.05, 0.1) is 13.0 Å². The number of ether oxygens (including phenoxy) is 2.